The summed E-state index contributed by atoms with van der Waals surface area (Å²) in [5.41, 5.74) is 1.93. The maximum atomic E-state index is 13.7. The lowest BCUT2D eigenvalue weighted by Crippen LogP contribution is -2.51. The molecular formula is C27H30ClN3O4S. The Kier molecular flexibility index (Phi) is 9.12. The van der Waals surface area contributed by atoms with Gasteiger partial charge in [-0.3, -0.25) is 13.9 Å². The van der Waals surface area contributed by atoms with E-state index in [2.05, 4.69) is 5.32 Å². The maximum absolute atomic E-state index is 13.7. The number of aryl methyl sites for hydroxylation is 1. The van der Waals surface area contributed by atoms with Crippen LogP contribution in [0.2, 0.25) is 5.02 Å². The van der Waals surface area contributed by atoms with Crippen molar-refractivity contribution >= 4 is 39.1 Å². The van der Waals surface area contributed by atoms with Crippen LogP contribution in [0.1, 0.15) is 25.0 Å². The second-order valence-electron chi connectivity index (χ2n) is 8.39. The molecule has 3 rings (SSSR count). The Bertz CT molecular complexity index is 1320. The van der Waals surface area contributed by atoms with Crippen molar-refractivity contribution in [1.82, 2.24) is 10.2 Å². The molecule has 0 saturated heterocycles. The molecule has 0 aliphatic heterocycles. The molecule has 2 amide bonds. The molecule has 0 aliphatic rings. The summed E-state index contributed by atoms with van der Waals surface area (Å²) in [5.74, 6) is -0.851. The van der Waals surface area contributed by atoms with Crippen molar-refractivity contribution in [2.24, 2.45) is 0 Å². The number of hydrogen-bond acceptors (Lipinski definition) is 4. The molecule has 190 valence electrons. The largest absolute Gasteiger partial charge is 0.355 e. The molecule has 0 saturated carbocycles. The average Bonchev–Trinajstić information content (AvgIpc) is 2.86. The summed E-state index contributed by atoms with van der Waals surface area (Å²) in [4.78, 5) is 27.9. The van der Waals surface area contributed by atoms with Crippen molar-refractivity contribution in [2.45, 2.75) is 38.3 Å². The summed E-state index contributed by atoms with van der Waals surface area (Å²) < 4.78 is 28.4. The van der Waals surface area contributed by atoms with Gasteiger partial charge in [-0.15, -0.1) is 0 Å². The van der Waals surface area contributed by atoms with Gasteiger partial charge in [-0.2, -0.15) is 0 Å². The van der Waals surface area contributed by atoms with E-state index >= 15 is 0 Å². The number of nitrogens with zero attached hydrogens (tertiary/aromatic N) is 2. The lowest BCUT2D eigenvalue weighted by molar-refractivity contribution is -0.139. The highest BCUT2D eigenvalue weighted by molar-refractivity contribution is 7.92. The van der Waals surface area contributed by atoms with E-state index in [0.29, 0.717) is 17.3 Å². The van der Waals surface area contributed by atoms with Gasteiger partial charge in [0, 0.05) is 18.1 Å². The number of sulfonamides is 1. The summed E-state index contributed by atoms with van der Waals surface area (Å²) in [6, 6.07) is 21.1. The summed E-state index contributed by atoms with van der Waals surface area (Å²) in [6.07, 6.45) is 0. The Morgan fingerprint density at radius 1 is 0.972 bits per heavy atom. The number of hydrogen-bond donors (Lipinski definition) is 1. The van der Waals surface area contributed by atoms with Crippen molar-refractivity contribution in [2.75, 3.05) is 17.4 Å². The Balaban J connectivity index is 2.02. The first-order valence-electron chi connectivity index (χ1n) is 11.6. The number of halogens is 1. The lowest BCUT2D eigenvalue weighted by Gasteiger charge is -2.32. The van der Waals surface area contributed by atoms with E-state index < -0.39 is 28.5 Å². The van der Waals surface area contributed by atoms with Crippen LogP contribution in [0.5, 0.6) is 0 Å². The van der Waals surface area contributed by atoms with E-state index in [1.165, 1.54) is 17.0 Å². The van der Waals surface area contributed by atoms with Gasteiger partial charge < -0.3 is 10.2 Å². The highest BCUT2D eigenvalue weighted by atomic mass is 35.5. The molecule has 0 bridgehead atoms. The van der Waals surface area contributed by atoms with Gasteiger partial charge in [0.1, 0.15) is 12.6 Å². The minimum atomic E-state index is -4.07. The van der Waals surface area contributed by atoms with Crippen LogP contribution < -0.4 is 9.62 Å². The van der Waals surface area contributed by atoms with Crippen LogP contribution in [0.3, 0.4) is 0 Å². The quantitative estimate of drug-likeness (QED) is 0.423. The Labute approximate surface area is 217 Å². The molecule has 3 aromatic carbocycles. The van der Waals surface area contributed by atoms with Crippen LogP contribution in [-0.2, 0) is 26.2 Å². The summed E-state index contributed by atoms with van der Waals surface area (Å²) in [5, 5.41) is 3.23. The third-order valence-corrected chi connectivity index (χ3v) is 7.68. The normalized spacial score (nSPS) is 12.0. The topological polar surface area (TPSA) is 86.8 Å². The van der Waals surface area contributed by atoms with Gasteiger partial charge in [0.25, 0.3) is 10.0 Å². The van der Waals surface area contributed by atoms with E-state index in [-0.39, 0.29) is 17.3 Å². The van der Waals surface area contributed by atoms with Crippen LogP contribution in [0.25, 0.3) is 0 Å². The highest BCUT2D eigenvalue weighted by Crippen LogP contribution is 2.25. The molecule has 0 fully saturated rings. The van der Waals surface area contributed by atoms with Crippen molar-refractivity contribution < 1.29 is 18.0 Å². The number of carbonyl (C=O) groups is 2. The van der Waals surface area contributed by atoms with Gasteiger partial charge in [0.15, 0.2) is 0 Å². The minimum Gasteiger partial charge on any atom is -0.355 e. The number of benzene rings is 3. The third kappa shape index (κ3) is 6.65. The molecule has 1 N–H and O–H groups in total. The molecule has 0 radical (unpaired) electrons. The van der Waals surface area contributed by atoms with Gasteiger partial charge in [-0.1, -0.05) is 54.1 Å². The summed E-state index contributed by atoms with van der Waals surface area (Å²) >= 11 is 6.14. The summed E-state index contributed by atoms with van der Waals surface area (Å²) in [7, 11) is -4.07. The van der Waals surface area contributed by atoms with Crippen molar-refractivity contribution in [3.05, 3.63) is 95.0 Å². The first-order valence-corrected chi connectivity index (χ1v) is 13.4. The molecule has 0 heterocycles. The molecule has 36 heavy (non-hydrogen) atoms. The smallest absolute Gasteiger partial charge is 0.264 e. The molecule has 0 spiro atoms. The number of amides is 2. The van der Waals surface area contributed by atoms with E-state index in [0.717, 1.165) is 15.4 Å². The number of likely N-dealkylation sites (N-methyl/N-ethyl adjacent to an activating group) is 1. The fourth-order valence-corrected chi connectivity index (χ4v) is 5.41. The van der Waals surface area contributed by atoms with Crippen molar-refractivity contribution in [1.29, 1.82) is 0 Å². The second kappa shape index (κ2) is 12.1. The highest BCUT2D eigenvalue weighted by Gasteiger charge is 2.32. The third-order valence-electron chi connectivity index (χ3n) is 5.66. The first-order chi connectivity index (χ1) is 17.1. The predicted molar refractivity (Wildman–Crippen MR) is 142 cm³/mol. The molecular weight excluding hydrogens is 498 g/mol. The zero-order chi connectivity index (χ0) is 26.3. The molecule has 1 unspecified atom stereocenters. The SMILES string of the molecule is CCNC(=O)C(C)N(Cc1cccc(Cl)c1)C(=O)CN(c1cccc(C)c1)S(=O)(=O)c1ccccc1. The average molecular weight is 528 g/mol. The second-order valence-corrected chi connectivity index (χ2v) is 10.7. The van der Waals surface area contributed by atoms with Gasteiger partial charge in [-0.25, -0.2) is 8.42 Å². The van der Waals surface area contributed by atoms with Gasteiger partial charge >= 0.3 is 0 Å². The standard InChI is InChI=1S/C27H30ClN3O4S/c1-4-29-27(33)21(3)30(18-22-11-9-12-23(28)17-22)26(32)19-31(24-13-8-10-20(2)16-24)36(34,35)25-14-6-5-7-15-25/h5-17,21H,4,18-19H2,1-3H3,(H,29,33). The van der Waals surface area contributed by atoms with Crippen LogP contribution in [-0.4, -0.2) is 44.3 Å². The van der Waals surface area contributed by atoms with Gasteiger partial charge in [-0.05, 0) is 68.3 Å². The summed E-state index contributed by atoms with van der Waals surface area (Å²) in [6.45, 7) is 5.27. The maximum Gasteiger partial charge on any atom is 0.264 e. The Morgan fingerprint density at radius 2 is 1.67 bits per heavy atom. The molecule has 9 heteroatoms. The zero-order valence-corrected chi connectivity index (χ0v) is 22.1. The molecule has 1 atom stereocenters. The van der Waals surface area contributed by atoms with E-state index in [1.807, 2.05) is 13.0 Å². The van der Waals surface area contributed by atoms with Crippen LogP contribution in [0.4, 0.5) is 5.69 Å². The van der Waals surface area contributed by atoms with E-state index in [1.54, 1.807) is 74.5 Å². The van der Waals surface area contributed by atoms with E-state index in [9.17, 15) is 18.0 Å². The van der Waals surface area contributed by atoms with E-state index in [4.69, 9.17) is 11.6 Å². The van der Waals surface area contributed by atoms with Crippen LogP contribution >= 0.6 is 11.6 Å². The zero-order valence-electron chi connectivity index (χ0n) is 20.5. The minimum absolute atomic E-state index is 0.0671. The monoisotopic (exact) mass is 527 g/mol. The fraction of sp³-hybridized carbons (Fsp3) is 0.259. The van der Waals surface area contributed by atoms with Crippen molar-refractivity contribution in [3.63, 3.8) is 0 Å². The number of nitrogens with one attached hydrogen (secondary N) is 1. The molecule has 3 aromatic rings. The lowest BCUT2D eigenvalue weighted by atomic mass is 10.1. The van der Waals surface area contributed by atoms with Crippen molar-refractivity contribution in [3.8, 4) is 0 Å². The number of anilines is 1. The number of carbonyl (C=O) groups excluding carboxylic acids is 2. The Morgan fingerprint density at radius 3 is 2.31 bits per heavy atom. The van der Waals surface area contributed by atoms with Gasteiger partial charge in [0.05, 0.1) is 10.6 Å². The van der Waals surface area contributed by atoms with Gasteiger partial charge in [0.2, 0.25) is 11.8 Å². The first kappa shape index (κ1) is 27.2. The molecule has 0 aliphatic carbocycles. The fourth-order valence-electron chi connectivity index (χ4n) is 3.77. The molecule has 7 nitrogen and oxygen atoms in total. The van der Waals surface area contributed by atoms with Crippen LogP contribution in [0, 0.1) is 6.92 Å². The Hall–Kier alpha value is -3.36. The van der Waals surface area contributed by atoms with Crippen LogP contribution in [0.15, 0.2) is 83.8 Å². The molecule has 0 aromatic heterocycles. The number of rotatable bonds is 10. The predicted octanol–water partition coefficient (Wildman–Crippen LogP) is 4.40.